The summed E-state index contributed by atoms with van der Waals surface area (Å²) in [7, 11) is 3.46. The fraction of sp³-hybridized carbons (Fsp3) is 0.889. The van der Waals surface area contributed by atoms with Crippen molar-refractivity contribution in [2.24, 2.45) is 4.99 Å². The fourth-order valence-electron chi connectivity index (χ4n) is 2.82. The molecule has 0 aromatic rings. The van der Waals surface area contributed by atoms with Crippen LogP contribution in [0.2, 0.25) is 0 Å². The number of carbonyl (C=O) groups is 1. The SMILES string of the molecule is CC(COC1CCOC1)NC(=NCC(=O)N(C)C)NCC1CCCCO1.I. The molecule has 9 heteroatoms. The molecule has 2 rings (SSSR count). The van der Waals surface area contributed by atoms with Crippen molar-refractivity contribution in [1.29, 1.82) is 0 Å². The van der Waals surface area contributed by atoms with E-state index in [1.54, 1.807) is 14.1 Å². The summed E-state index contributed by atoms with van der Waals surface area (Å²) in [4.78, 5) is 17.8. The van der Waals surface area contributed by atoms with Crippen LogP contribution in [0.5, 0.6) is 0 Å². The van der Waals surface area contributed by atoms with Gasteiger partial charge < -0.3 is 29.7 Å². The van der Waals surface area contributed by atoms with Gasteiger partial charge in [0.25, 0.3) is 0 Å². The second-order valence-corrected chi connectivity index (χ2v) is 7.19. The Labute approximate surface area is 179 Å². The zero-order chi connectivity index (χ0) is 18.8. The Bertz CT molecular complexity index is 453. The van der Waals surface area contributed by atoms with Gasteiger partial charge in [-0.05, 0) is 32.6 Å². The number of hydrogen-bond acceptors (Lipinski definition) is 5. The number of aliphatic imine (C=N–C) groups is 1. The van der Waals surface area contributed by atoms with Crippen LogP contribution in [0.15, 0.2) is 4.99 Å². The number of nitrogens with zero attached hydrogens (tertiary/aromatic N) is 2. The van der Waals surface area contributed by atoms with Crippen LogP contribution >= 0.6 is 24.0 Å². The molecule has 2 saturated heterocycles. The molecule has 2 aliphatic heterocycles. The highest BCUT2D eigenvalue weighted by Crippen LogP contribution is 2.11. The van der Waals surface area contributed by atoms with E-state index in [4.69, 9.17) is 14.2 Å². The highest BCUT2D eigenvalue weighted by Gasteiger charge is 2.18. The quantitative estimate of drug-likeness (QED) is 0.295. The first-order valence-corrected chi connectivity index (χ1v) is 9.60. The molecule has 27 heavy (non-hydrogen) atoms. The van der Waals surface area contributed by atoms with Crippen LogP contribution in [0.25, 0.3) is 0 Å². The Morgan fingerprint density at radius 1 is 1.30 bits per heavy atom. The van der Waals surface area contributed by atoms with Crippen LogP contribution in [0.4, 0.5) is 0 Å². The number of amides is 1. The van der Waals surface area contributed by atoms with E-state index >= 15 is 0 Å². The molecule has 3 unspecified atom stereocenters. The van der Waals surface area contributed by atoms with E-state index in [9.17, 15) is 4.79 Å². The first kappa shape index (κ1) is 24.4. The van der Waals surface area contributed by atoms with E-state index in [1.807, 2.05) is 6.92 Å². The summed E-state index contributed by atoms with van der Waals surface area (Å²) in [5.74, 6) is 0.583. The van der Waals surface area contributed by atoms with E-state index < -0.39 is 0 Å². The Morgan fingerprint density at radius 2 is 2.11 bits per heavy atom. The van der Waals surface area contributed by atoms with Gasteiger partial charge in [-0.15, -0.1) is 24.0 Å². The summed E-state index contributed by atoms with van der Waals surface area (Å²) in [6, 6.07) is 0.0728. The van der Waals surface area contributed by atoms with Gasteiger partial charge in [-0.25, -0.2) is 4.99 Å². The maximum Gasteiger partial charge on any atom is 0.243 e. The fourth-order valence-corrected chi connectivity index (χ4v) is 2.82. The largest absolute Gasteiger partial charge is 0.379 e. The van der Waals surface area contributed by atoms with E-state index in [2.05, 4.69) is 15.6 Å². The zero-order valence-corrected chi connectivity index (χ0v) is 19.1. The van der Waals surface area contributed by atoms with E-state index in [-0.39, 0.29) is 54.7 Å². The molecule has 1 amide bonds. The standard InChI is InChI=1S/C18H34N4O4.HI/c1-14(12-26-16-7-9-24-13-16)21-18(20-11-17(23)22(2)3)19-10-15-6-4-5-8-25-15;/h14-16H,4-13H2,1-3H3,(H2,19,20,21);1H. The van der Waals surface area contributed by atoms with Crippen LogP contribution in [0, 0.1) is 0 Å². The molecule has 0 bridgehead atoms. The minimum Gasteiger partial charge on any atom is -0.379 e. The molecule has 0 saturated carbocycles. The van der Waals surface area contributed by atoms with Gasteiger partial charge in [-0.2, -0.15) is 0 Å². The molecule has 3 atom stereocenters. The van der Waals surface area contributed by atoms with Crippen molar-refractivity contribution in [2.45, 2.75) is 50.9 Å². The Balaban J connectivity index is 0.00000364. The van der Waals surface area contributed by atoms with Crippen molar-refractivity contribution in [3.8, 4) is 0 Å². The van der Waals surface area contributed by atoms with Gasteiger partial charge in [-0.1, -0.05) is 0 Å². The highest BCUT2D eigenvalue weighted by molar-refractivity contribution is 14.0. The molecule has 158 valence electrons. The second kappa shape index (κ2) is 13.5. The molecular weight excluding hydrogens is 463 g/mol. The molecule has 8 nitrogen and oxygen atoms in total. The van der Waals surface area contributed by atoms with Gasteiger partial charge in [0.15, 0.2) is 5.96 Å². The Hall–Kier alpha value is -0.650. The summed E-state index contributed by atoms with van der Waals surface area (Å²) in [6.45, 7) is 5.66. The smallest absolute Gasteiger partial charge is 0.243 e. The zero-order valence-electron chi connectivity index (χ0n) is 16.7. The third kappa shape index (κ3) is 9.91. The average molecular weight is 498 g/mol. The van der Waals surface area contributed by atoms with Gasteiger partial charge in [0, 0.05) is 39.9 Å². The van der Waals surface area contributed by atoms with E-state index in [1.165, 1.54) is 11.3 Å². The lowest BCUT2D eigenvalue weighted by molar-refractivity contribution is -0.127. The number of ether oxygens (including phenoxy) is 3. The number of carbonyl (C=O) groups excluding carboxylic acids is 1. The minimum absolute atomic E-state index is 0. The first-order valence-electron chi connectivity index (χ1n) is 9.60. The summed E-state index contributed by atoms with van der Waals surface area (Å²) in [5, 5.41) is 6.63. The first-order chi connectivity index (χ1) is 12.5. The van der Waals surface area contributed by atoms with Crippen molar-refractivity contribution in [1.82, 2.24) is 15.5 Å². The van der Waals surface area contributed by atoms with Gasteiger partial charge in [-0.3, -0.25) is 4.79 Å². The summed E-state index contributed by atoms with van der Waals surface area (Å²) < 4.78 is 16.9. The number of rotatable bonds is 8. The van der Waals surface area contributed by atoms with Gasteiger partial charge >= 0.3 is 0 Å². The van der Waals surface area contributed by atoms with E-state index in [0.717, 1.165) is 32.5 Å². The van der Waals surface area contributed by atoms with Crippen LogP contribution in [0.3, 0.4) is 0 Å². The predicted molar refractivity (Wildman–Crippen MR) is 116 cm³/mol. The minimum atomic E-state index is -0.0352. The maximum absolute atomic E-state index is 11.8. The Kier molecular flexibility index (Phi) is 12.2. The number of likely N-dealkylation sites (N-methyl/N-ethyl adjacent to an activating group) is 1. The average Bonchev–Trinajstić information content (AvgIpc) is 3.16. The molecule has 0 radical (unpaired) electrons. The van der Waals surface area contributed by atoms with Gasteiger partial charge in [0.2, 0.25) is 5.91 Å². The predicted octanol–water partition coefficient (Wildman–Crippen LogP) is 0.991. The van der Waals surface area contributed by atoms with E-state index in [0.29, 0.717) is 25.7 Å². The van der Waals surface area contributed by atoms with Crippen LogP contribution in [-0.2, 0) is 19.0 Å². The second-order valence-electron chi connectivity index (χ2n) is 7.19. The molecule has 2 heterocycles. The molecule has 0 spiro atoms. The lowest BCUT2D eigenvalue weighted by atomic mass is 10.1. The maximum atomic E-state index is 11.8. The topological polar surface area (TPSA) is 84.4 Å². The molecule has 2 fully saturated rings. The van der Waals surface area contributed by atoms with Crippen LogP contribution < -0.4 is 10.6 Å². The summed E-state index contributed by atoms with van der Waals surface area (Å²) in [5.41, 5.74) is 0. The monoisotopic (exact) mass is 498 g/mol. The molecule has 0 aliphatic carbocycles. The molecule has 2 aliphatic rings. The molecule has 0 aromatic carbocycles. The number of halogens is 1. The van der Waals surface area contributed by atoms with Crippen molar-refractivity contribution < 1.29 is 19.0 Å². The summed E-state index contributed by atoms with van der Waals surface area (Å²) in [6.07, 6.45) is 4.70. The van der Waals surface area contributed by atoms with Crippen LogP contribution in [0.1, 0.15) is 32.6 Å². The molecule has 0 aromatic heterocycles. The van der Waals surface area contributed by atoms with Gasteiger partial charge in [0.1, 0.15) is 6.54 Å². The normalized spacial score (nSPS) is 24.0. The third-order valence-corrected chi connectivity index (χ3v) is 4.50. The van der Waals surface area contributed by atoms with Crippen molar-refractivity contribution in [3.05, 3.63) is 0 Å². The molecular formula is C18H35IN4O4. The van der Waals surface area contributed by atoms with Crippen molar-refractivity contribution in [2.75, 3.05) is 53.6 Å². The van der Waals surface area contributed by atoms with Gasteiger partial charge in [0.05, 0.1) is 25.4 Å². The van der Waals surface area contributed by atoms with Crippen molar-refractivity contribution >= 4 is 35.8 Å². The third-order valence-electron chi connectivity index (χ3n) is 4.50. The number of guanidine groups is 1. The molecule has 2 N–H and O–H groups in total. The van der Waals surface area contributed by atoms with Crippen LogP contribution in [-0.4, -0.2) is 88.6 Å². The lowest BCUT2D eigenvalue weighted by Gasteiger charge is -2.25. The number of hydrogen-bond donors (Lipinski definition) is 2. The lowest BCUT2D eigenvalue weighted by Crippen LogP contribution is -2.47. The Morgan fingerprint density at radius 3 is 2.74 bits per heavy atom. The van der Waals surface area contributed by atoms with Crippen molar-refractivity contribution in [3.63, 3.8) is 0 Å². The summed E-state index contributed by atoms with van der Waals surface area (Å²) >= 11 is 0. The highest BCUT2D eigenvalue weighted by atomic mass is 127. The number of nitrogens with one attached hydrogen (secondary N) is 2.